The Kier molecular flexibility index (Phi) is 13.5. The van der Waals surface area contributed by atoms with E-state index in [4.69, 9.17) is 9.84 Å². The van der Waals surface area contributed by atoms with Crippen molar-refractivity contribution >= 4 is 35.7 Å². The predicted molar refractivity (Wildman–Crippen MR) is 203 cm³/mol. The summed E-state index contributed by atoms with van der Waals surface area (Å²) in [6, 6.07) is 23.9. The molecular formula is C40H38CoN6O8. The van der Waals surface area contributed by atoms with E-state index < -0.39 is 11.9 Å². The first-order chi connectivity index (χ1) is 25.8. The molecule has 0 aliphatic carbocycles. The minimum absolute atomic E-state index is 0. The Labute approximate surface area is 326 Å². The Balaban J connectivity index is 0.000000240. The van der Waals surface area contributed by atoms with Crippen molar-refractivity contribution in [2.45, 2.75) is 34.3 Å². The summed E-state index contributed by atoms with van der Waals surface area (Å²) in [4.78, 5) is 31.4. The number of aromatic carboxylic acids is 2. The molecule has 1 radical (unpaired) electrons. The molecule has 6 rings (SSSR count). The summed E-state index contributed by atoms with van der Waals surface area (Å²) in [5.41, 5.74) is 6.32. The molecule has 0 saturated heterocycles. The van der Waals surface area contributed by atoms with Crippen LogP contribution in [-0.2, 0) is 23.4 Å². The van der Waals surface area contributed by atoms with Crippen LogP contribution in [0.2, 0.25) is 0 Å². The Morgan fingerprint density at radius 3 is 1.44 bits per heavy atom. The summed E-state index contributed by atoms with van der Waals surface area (Å²) in [6.45, 7) is 6.97. The molecule has 4 aromatic carbocycles. The number of aliphatic hydroxyl groups excluding tert-OH is 1. The van der Waals surface area contributed by atoms with Crippen molar-refractivity contribution in [3.8, 4) is 28.9 Å². The number of carboxylic acid groups (broad SMARTS) is 2. The Morgan fingerprint density at radius 2 is 1.07 bits per heavy atom. The number of benzene rings is 4. The fourth-order valence-electron chi connectivity index (χ4n) is 5.45. The number of carbonyl (C=O) groups is 2. The molecule has 14 nitrogen and oxygen atoms in total. The second kappa shape index (κ2) is 18.0. The van der Waals surface area contributed by atoms with Gasteiger partial charge in [-0.15, -0.1) is 0 Å². The maximum atomic E-state index is 11.4. The van der Waals surface area contributed by atoms with Crippen molar-refractivity contribution in [1.29, 1.82) is 0 Å². The zero-order valence-corrected chi connectivity index (χ0v) is 31.5. The Hall–Kier alpha value is -6.55. The van der Waals surface area contributed by atoms with Gasteiger partial charge in [0.15, 0.2) is 0 Å². The van der Waals surface area contributed by atoms with Gasteiger partial charge in [-0.05, 0) is 92.9 Å². The number of para-hydroxylation sites is 2. The third-order valence-electron chi connectivity index (χ3n) is 8.42. The first kappa shape index (κ1) is 41.2. The zero-order valence-electron chi connectivity index (χ0n) is 30.4. The van der Waals surface area contributed by atoms with Crippen LogP contribution >= 0.6 is 0 Å². The number of rotatable bonds is 10. The number of hydrogen-bond acceptors (Lipinski definition) is 10. The van der Waals surface area contributed by atoms with E-state index in [1.807, 2.05) is 0 Å². The van der Waals surface area contributed by atoms with Gasteiger partial charge in [0.1, 0.15) is 5.75 Å². The van der Waals surface area contributed by atoms with Gasteiger partial charge in [-0.1, -0.05) is 36.4 Å². The molecule has 2 heterocycles. The summed E-state index contributed by atoms with van der Waals surface area (Å²) in [5.74, 6) is -1.60. The topological polar surface area (TPSA) is 205 Å². The number of methoxy groups -OCH3 is 1. The van der Waals surface area contributed by atoms with Gasteiger partial charge in [0, 0.05) is 29.2 Å². The smallest absolute Gasteiger partial charge is 0.337 e. The van der Waals surface area contributed by atoms with E-state index in [0.29, 0.717) is 51.0 Å². The Bertz CT molecular complexity index is 2220. The molecule has 0 amide bonds. The third kappa shape index (κ3) is 9.16. The molecular weight excluding hydrogens is 751 g/mol. The maximum Gasteiger partial charge on any atom is 0.337 e. The largest absolute Gasteiger partial charge is 0.497 e. The zero-order chi connectivity index (χ0) is 39.1. The predicted octanol–water partition coefficient (Wildman–Crippen LogP) is 6.79. The van der Waals surface area contributed by atoms with Crippen molar-refractivity contribution in [3.05, 3.63) is 135 Å². The van der Waals surface area contributed by atoms with Crippen LogP contribution in [0.4, 0.5) is 11.4 Å². The standard InChI is InChI=1S/2C20H19N3O4.Co/c1-12-5-4-6-16(20(25)26)18(12)21-11-17-13(2)22-23(19(17)24)14-7-9-15(27-3)10-8-14;1-12-4-3-5-16(20(26)27)18(12)21-10-17-13(2)22-23(19(17)25)15-8-6-14(11-24)7-9-15;/h4-11,24H,1-3H3,(H,25,26);3-10,24-25H,11H2,1-2H3,(H,26,27);. The third-order valence-corrected chi connectivity index (χ3v) is 8.42. The minimum Gasteiger partial charge on any atom is -0.497 e. The molecule has 55 heavy (non-hydrogen) atoms. The van der Waals surface area contributed by atoms with Crippen LogP contribution in [-0.4, -0.2) is 76.6 Å². The molecule has 0 unspecified atom stereocenters. The van der Waals surface area contributed by atoms with Crippen molar-refractivity contribution in [2.24, 2.45) is 9.98 Å². The number of hydrogen-bond donors (Lipinski definition) is 5. The molecule has 0 bridgehead atoms. The van der Waals surface area contributed by atoms with Crippen molar-refractivity contribution < 1.29 is 56.6 Å². The number of carboxylic acids is 2. The number of nitrogens with zero attached hydrogens (tertiary/aromatic N) is 6. The molecule has 0 fully saturated rings. The normalized spacial score (nSPS) is 10.9. The summed E-state index contributed by atoms with van der Waals surface area (Å²) >= 11 is 0. The molecule has 0 aliphatic heterocycles. The quantitative estimate of drug-likeness (QED) is 0.0920. The molecule has 5 N–H and O–H groups in total. The molecule has 285 valence electrons. The molecule has 15 heteroatoms. The van der Waals surface area contributed by atoms with Gasteiger partial charge in [0.2, 0.25) is 11.8 Å². The molecule has 0 saturated carbocycles. The van der Waals surface area contributed by atoms with E-state index in [0.717, 1.165) is 16.7 Å². The number of aromatic nitrogens is 4. The van der Waals surface area contributed by atoms with Crippen LogP contribution < -0.4 is 4.74 Å². The van der Waals surface area contributed by atoms with Crippen LogP contribution in [0.25, 0.3) is 11.4 Å². The number of aromatic hydroxyl groups is 2. The summed E-state index contributed by atoms with van der Waals surface area (Å²) < 4.78 is 7.90. The van der Waals surface area contributed by atoms with Crippen LogP contribution in [0.15, 0.2) is 94.9 Å². The number of aliphatic hydroxyl groups is 1. The SMILES string of the molecule is COc1ccc(-n2nc(C)c(C=Nc3c(C)cccc3C(=O)O)c2O)cc1.Cc1cccc(C(=O)O)c1N=Cc1c(C)nn(-c2ccc(CO)cc2)c1O.[Co]. The van der Waals surface area contributed by atoms with Gasteiger partial charge >= 0.3 is 11.9 Å². The van der Waals surface area contributed by atoms with Gasteiger partial charge in [-0.25, -0.2) is 19.0 Å². The number of aliphatic imine (C=N–C) groups is 2. The van der Waals surface area contributed by atoms with Crippen molar-refractivity contribution in [2.75, 3.05) is 7.11 Å². The van der Waals surface area contributed by atoms with Gasteiger partial charge in [0.05, 0.1) is 70.1 Å². The van der Waals surface area contributed by atoms with Gasteiger partial charge in [0.25, 0.3) is 0 Å². The average molecular weight is 790 g/mol. The Morgan fingerprint density at radius 1 is 0.673 bits per heavy atom. The van der Waals surface area contributed by atoms with Crippen molar-refractivity contribution in [1.82, 2.24) is 19.6 Å². The van der Waals surface area contributed by atoms with E-state index in [9.17, 15) is 30.0 Å². The van der Waals surface area contributed by atoms with Crippen LogP contribution in [0, 0.1) is 27.7 Å². The van der Waals surface area contributed by atoms with Gasteiger partial charge in [-0.2, -0.15) is 10.2 Å². The second-order valence-corrected chi connectivity index (χ2v) is 12.1. The fraction of sp³-hybridized carbons (Fsp3) is 0.150. The van der Waals surface area contributed by atoms with Crippen LogP contribution in [0.1, 0.15) is 59.9 Å². The monoisotopic (exact) mass is 789 g/mol. The molecule has 2 aromatic heterocycles. The molecule has 6 aromatic rings. The van der Waals surface area contributed by atoms with Crippen LogP contribution in [0.5, 0.6) is 17.5 Å². The van der Waals surface area contributed by atoms with E-state index in [2.05, 4.69) is 20.2 Å². The molecule has 0 atom stereocenters. The van der Waals surface area contributed by atoms with E-state index in [1.165, 1.54) is 33.9 Å². The first-order valence-electron chi connectivity index (χ1n) is 16.5. The summed E-state index contributed by atoms with van der Waals surface area (Å²) in [7, 11) is 1.58. The van der Waals surface area contributed by atoms with Crippen LogP contribution in [0.3, 0.4) is 0 Å². The average Bonchev–Trinajstić information content (AvgIpc) is 3.62. The molecule has 0 aliphatic rings. The van der Waals surface area contributed by atoms with E-state index in [-0.39, 0.29) is 46.3 Å². The number of aryl methyl sites for hydroxylation is 4. The first-order valence-corrected chi connectivity index (χ1v) is 16.5. The second-order valence-electron chi connectivity index (χ2n) is 12.1. The van der Waals surface area contributed by atoms with Gasteiger partial charge < -0.3 is 30.3 Å². The maximum absolute atomic E-state index is 11.4. The summed E-state index contributed by atoms with van der Waals surface area (Å²) in [6.07, 6.45) is 2.86. The fourth-order valence-corrected chi connectivity index (χ4v) is 5.45. The van der Waals surface area contributed by atoms with E-state index in [1.54, 1.807) is 108 Å². The minimum atomic E-state index is -1.06. The van der Waals surface area contributed by atoms with E-state index >= 15 is 0 Å². The molecule has 0 spiro atoms. The van der Waals surface area contributed by atoms with Crippen molar-refractivity contribution in [3.63, 3.8) is 0 Å². The number of ether oxygens (including phenoxy) is 1. The summed E-state index contributed by atoms with van der Waals surface area (Å²) in [5, 5.41) is 57.6. The van der Waals surface area contributed by atoms with Gasteiger partial charge in [-0.3, -0.25) is 9.98 Å².